The molecule has 0 spiro atoms. The molecule has 5 heteroatoms. The second kappa shape index (κ2) is 7.04. The third-order valence-corrected chi connectivity index (χ3v) is 3.70. The molecule has 1 heterocycles. The lowest BCUT2D eigenvalue weighted by Crippen LogP contribution is -2.35. The SMILES string of the molecule is COC(CNC(=O)c1ccc(C)n(C)c1=O)c1ccccc1. The molecular weight excluding hydrogens is 280 g/mol. The fourth-order valence-electron chi connectivity index (χ4n) is 2.19. The molecular formula is C17H20N2O3. The second-order valence-corrected chi connectivity index (χ2v) is 5.10. The van der Waals surface area contributed by atoms with Crippen molar-refractivity contribution >= 4 is 5.91 Å². The summed E-state index contributed by atoms with van der Waals surface area (Å²) in [5.74, 6) is -0.390. The molecule has 0 aliphatic heterocycles. The number of pyridine rings is 1. The summed E-state index contributed by atoms with van der Waals surface area (Å²) in [5, 5.41) is 2.76. The molecule has 1 amide bonds. The van der Waals surface area contributed by atoms with Crippen molar-refractivity contribution in [1.82, 2.24) is 9.88 Å². The highest BCUT2D eigenvalue weighted by atomic mass is 16.5. The van der Waals surface area contributed by atoms with Gasteiger partial charge in [0.15, 0.2) is 0 Å². The molecule has 0 aliphatic carbocycles. The lowest BCUT2D eigenvalue weighted by Gasteiger charge is -2.16. The van der Waals surface area contributed by atoms with E-state index >= 15 is 0 Å². The molecule has 2 aromatic rings. The van der Waals surface area contributed by atoms with E-state index in [2.05, 4.69) is 5.32 Å². The van der Waals surface area contributed by atoms with Crippen LogP contribution < -0.4 is 10.9 Å². The van der Waals surface area contributed by atoms with Crippen LogP contribution in [0.1, 0.15) is 27.7 Å². The number of rotatable bonds is 5. The van der Waals surface area contributed by atoms with Crippen LogP contribution in [0.3, 0.4) is 0 Å². The van der Waals surface area contributed by atoms with Crippen LogP contribution in [0, 0.1) is 6.92 Å². The molecule has 0 radical (unpaired) electrons. The number of aromatic nitrogens is 1. The summed E-state index contributed by atoms with van der Waals surface area (Å²) in [4.78, 5) is 24.3. The number of benzene rings is 1. The number of aryl methyl sites for hydroxylation is 1. The van der Waals surface area contributed by atoms with Crippen molar-refractivity contribution in [1.29, 1.82) is 0 Å². The van der Waals surface area contributed by atoms with Gasteiger partial charge in [-0.1, -0.05) is 30.3 Å². The Balaban J connectivity index is 2.10. The van der Waals surface area contributed by atoms with Gasteiger partial charge < -0.3 is 14.6 Å². The molecule has 1 N–H and O–H groups in total. The second-order valence-electron chi connectivity index (χ2n) is 5.10. The van der Waals surface area contributed by atoms with Gasteiger partial charge in [0.1, 0.15) is 5.56 Å². The van der Waals surface area contributed by atoms with Crippen molar-refractivity contribution in [2.45, 2.75) is 13.0 Å². The molecule has 0 bridgehead atoms. The van der Waals surface area contributed by atoms with Crippen LogP contribution in [0.15, 0.2) is 47.3 Å². The molecule has 0 saturated carbocycles. The third-order valence-electron chi connectivity index (χ3n) is 3.70. The van der Waals surface area contributed by atoms with Gasteiger partial charge in [-0.15, -0.1) is 0 Å². The van der Waals surface area contributed by atoms with Crippen molar-refractivity contribution in [2.24, 2.45) is 7.05 Å². The van der Waals surface area contributed by atoms with Gasteiger partial charge in [0.25, 0.3) is 11.5 Å². The zero-order chi connectivity index (χ0) is 16.1. The van der Waals surface area contributed by atoms with Crippen LogP contribution in [0.25, 0.3) is 0 Å². The van der Waals surface area contributed by atoms with Crippen molar-refractivity contribution in [2.75, 3.05) is 13.7 Å². The number of amides is 1. The van der Waals surface area contributed by atoms with Crippen LogP contribution in [-0.4, -0.2) is 24.1 Å². The van der Waals surface area contributed by atoms with E-state index in [1.165, 1.54) is 4.57 Å². The largest absolute Gasteiger partial charge is 0.375 e. The molecule has 5 nitrogen and oxygen atoms in total. The Bertz CT molecular complexity index is 708. The Hall–Kier alpha value is -2.40. The number of carbonyl (C=O) groups excluding carboxylic acids is 1. The molecule has 1 aromatic carbocycles. The number of hydrogen-bond acceptors (Lipinski definition) is 3. The van der Waals surface area contributed by atoms with Crippen molar-refractivity contribution in [3.05, 3.63) is 69.6 Å². The van der Waals surface area contributed by atoms with Gasteiger partial charge in [-0.3, -0.25) is 9.59 Å². The van der Waals surface area contributed by atoms with Crippen molar-refractivity contribution in [3.63, 3.8) is 0 Å². The summed E-state index contributed by atoms with van der Waals surface area (Å²) in [6.45, 7) is 2.12. The number of hydrogen-bond donors (Lipinski definition) is 1. The van der Waals surface area contributed by atoms with Crippen LogP contribution in [0.4, 0.5) is 0 Å². The maximum atomic E-state index is 12.2. The van der Waals surface area contributed by atoms with Gasteiger partial charge in [-0.2, -0.15) is 0 Å². The summed E-state index contributed by atoms with van der Waals surface area (Å²) in [6.07, 6.45) is -0.251. The summed E-state index contributed by atoms with van der Waals surface area (Å²) in [7, 11) is 3.24. The van der Waals surface area contributed by atoms with E-state index < -0.39 is 5.91 Å². The number of nitrogens with zero attached hydrogens (tertiary/aromatic N) is 1. The normalized spacial score (nSPS) is 12.0. The monoisotopic (exact) mass is 300 g/mol. The van der Waals surface area contributed by atoms with E-state index in [4.69, 9.17) is 4.74 Å². The first-order valence-corrected chi connectivity index (χ1v) is 7.07. The van der Waals surface area contributed by atoms with Gasteiger partial charge in [0.05, 0.1) is 6.10 Å². The average Bonchev–Trinajstić information content (AvgIpc) is 2.54. The fraction of sp³-hybridized carbons (Fsp3) is 0.294. The first kappa shape index (κ1) is 16.0. The minimum Gasteiger partial charge on any atom is -0.375 e. The molecule has 0 saturated heterocycles. The Morgan fingerprint density at radius 3 is 2.55 bits per heavy atom. The van der Waals surface area contributed by atoms with E-state index in [1.807, 2.05) is 37.3 Å². The van der Waals surface area contributed by atoms with Crippen molar-refractivity contribution in [3.8, 4) is 0 Å². The number of nitrogens with one attached hydrogen (secondary N) is 1. The first-order valence-electron chi connectivity index (χ1n) is 7.07. The number of methoxy groups -OCH3 is 1. The van der Waals surface area contributed by atoms with Gasteiger partial charge in [-0.05, 0) is 24.6 Å². The Kier molecular flexibility index (Phi) is 5.12. The molecule has 0 aliphatic rings. The highest BCUT2D eigenvalue weighted by Gasteiger charge is 2.15. The van der Waals surface area contributed by atoms with E-state index in [0.29, 0.717) is 6.54 Å². The molecule has 22 heavy (non-hydrogen) atoms. The van der Waals surface area contributed by atoms with Crippen LogP contribution in [-0.2, 0) is 11.8 Å². The molecule has 2 rings (SSSR count). The zero-order valence-electron chi connectivity index (χ0n) is 13.0. The summed E-state index contributed by atoms with van der Waals surface area (Å²) < 4.78 is 6.86. The predicted octanol–water partition coefficient (Wildman–Crippen LogP) is 1.81. The smallest absolute Gasteiger partial charge is 0.263 e. The Labute approximate surface area is 129 Å². The molecule has 0 fully saturated rings. The van der Waals surface area contributed by atoms with E-state index in [9.17, 15) is 9.59 Å². The maximum absolute atomic E-state index is 12.2. The molecule has 1 atom stereocenters. The molecule has 1 unspecified atom stereocenters. The number of carbonyl (C=O) groups is 1. The lowest BCUT2D eigenvalue weighted by molar-refractivity contribution is 0.0826. The zero-order valence-corrected chi connectivity index (χ0v) is 13.0. The maximum Gasteiger partial charge on any atom is 0.263 e. The Morgan fingerprint density at radius 1 is 1.23 bits per heavy atom. The van der Waals surface area contributed by atoms with E-state index in [0.717, 1.165) is 11.3 Å². The van der Waals surface area contributed by atoms with Gasteiger partial charge in [0, 0.05) is 26.4 Å². The van der Waals surface area contributed by atoms with Gasteiger partial charge in [-0.25, -0.2) is 0 Å². The standard InChI is InChI=1S/C17H20N2O3/c1-12-9-10-14(17(21)19(12)2)16(20)18-11-15(22-3)13-7-5-4-6-8-13/h4-10,15H,11H2,1-3H3,(H,18,20). The fourth-order valence-corrected chi connectivity index (χ4v) is 2.19. The van der Waals surface area contributed by atoms with Crippen LogP contribution in [0.5, 0.6) is 0 Å². The number of ether oxygens (including phenoxy) is 1. The summed E-state index contributed by atoms with van der Waals surface area (Å²) in [5.41, 5.74) is 1.62. The quantitative estimate of drug-likeness (QED) is 0.916. The minimum absolute atomic E-state index is 0.135. The van der Waals surface area contributed by atoms with E-state index in [-0.39, 0.29) is 17.2 Å². The topological polar surface area (TPSA) is 60.3 Å². The molecule has 1 aromatic heterocycles. The lowest BCUT2D eigenvalue weighted by atomic mass is 10.1. The molecule has 116 valence electrons. The summed E-state index contributed by atoms with van der Waals surface area (Å²) in [6, 6.07) is 12.9. The Morgan fingerprint density at radius 2 is 1.91 bits per heavy atom. The van der Waals surface area contributed by atoms with Gasteiger partial charge in [0.2, 0.25) is 0 Å². The average molecular weight is 300 g/mol. The third kappa shape index (κ3) is 3.43. The predicted molar refractivity (Wildman–Crippen MR) is 84.9 cm³/mol. The minimum atomic E-state index is -0.390. The van der Waals surface area contributed by atoms with Crippen LogP contribution in [0.2, 0.25) is 0 Å². The highest BCUT2D eigenvalue weighted by Crippen LogP contribution is 2.14. The van der Waals surface area contributed by atoms with Crippen LogP contribution >= 0.6 is 0 Å². The van der Waals surface area contributed by atoms with E-state index in [1.54, 1.807) is 26.3 Å². The first-order chi connectivity index (χ1) is 10.5. The highest BCUT2D eigenvalue weighted by molar-refractivity contribution is 5.93. The summed E-state index contributed by atoms with van der Waals surface area (Å²) >= 11 is 0. The van der Waals surface area contributed by atoms with Crippen molar-refractivity contribution < 1.29 is 9.53 Å². The van der Waals surface area contributed by atoms with Gasteiger partial charge >= 0.3 is 0 Å².